The van der Waals surface area contributed by atoms with Crippen LogP contribution in [0.2, 0.25) is 0 Å². The zero-order chi connectivity index (χ0) is 9.23. The van der Waals surface area contributed by atoms with Gasteiger partial charge in [-0.3, -0.25) is 0 Å². The number of rotatable bonds is 4. The Balaban J connectivity index is 0.000000561. The zero-order valence-corrected chi connectivity index (χ0v) is 8.22. The van der Waals surface area contributed by atoms with Crippen LogP contribution >= 0.6 is 0 Å². The van der Waals surface area contributed by atoms with Gasteiger partial charge in [-0.25, -0.2) is 4.98 Å². The van der Waals surface area contributed by atoms with E-state index >= 15 is 0 Å². The fourth-order valence-electron chi connectivity index (χ4n) is 0.867. The van der Waals surface area contributed by atoms with E-state index in [0.29, 0.717) is 0 Å². The highest BCUT2D eigenvalue weighted by Gasteiger charge is 1.91. The topological polar surface area (TPSA) is 40.7 Å². The van der Waals surface area contributed by atoms with Gasteiger partial charge >= 0.3 is 0 Å². The molecule has 3 heteroatoms. The molecule has 0 aromatic carbocycles. The second-order valence-corrected chi connectivity index (χ2v) is 2.24. The monoisotopic (exact) mass is 169 g/mol. The van der Waals surface area contributed by atoms with Crippen LogP contribution in [0.15, 0.2) is 12.4 Å². The largest absolute Gasteiger partial charge is 0.349 e. The van der Waals surface area contributed by atoms with Gasteiger partial charge in [-0.2, -0.15) is 0 Å². The predicted molar refractivity (Wildman–Crippen MR) is 52.2 cm³/mol. The third-order valence-electron chi connectivity index (χ3n) is 1.40. The first-order valence-electron chi connectivity index (χ1n) is 4.56. The lowest BCUT2D eigenvalue weighted by atomic mass is 10.3. The van der Waals surface area contributed by atoms with Crippen LogP contribution in [0.3, 0.4) is 0 Å². The molecule has 0 saturated heterocycles. The van der Waals surface area contributed by atoms with Gasteiger partial charge in [0.1, 0.15) is 5.82 Å². The van der Waals surface area contributed by atoms with Crippen molar-refractivity contribution < 1.29 is 0 Å². The minimum atomic E-state index is 1.04. The van der Waals surface area contributed by atoms with Crippen molar-refractivity contribution in [1.82, 2.24) is 15.3 Å². The lowest BCUT2D eigenvalue weighted by Crippen LogP contribution is -2.08. The third-order valence-corrected chi connectivity index (χ3v) is 1.40. The molecule has 1 aromatic rings. The van der Waals surface area contributed by atoms with Gasteiger partial charge < -0.3 is 10.3 Å². The molecular formula is C9H19N3. The van der Waals surface area contributed by atoms with Crippen LogP contribution in [0.5, 0.6) is 0 Å². The Morgan fingerprint density at radius 1 is 1.50 bits per heavy atom. The lowest BCUT2D eigenvalue weighted by Gasteiger charge is -1.95. The number of aromatic amines is 1. The minimum absolute atomic E-state index is 1.04. The third kappa shape index (κ3) is 4.91. The second kappa shape index (κ2) is 8.27. The maximum absolute atomic E-state index is 4.10. The number of hydrogen-bond acceptors (Lipinski definition) is 2. The van der Waals surface area contributed by atoms with E-state index in [2.05, 4.69) is 15.3 Å². The number of aryl methyl sites for hydroxylation is 1. The van der Waals surface area contributed by atoms with E-state index in [9.17, 15) is 0 Å². The Morgan fingerprint density at radius 3 is 2.75 bits per heavy atom. The van der Waals surface area contributed by atoms with Gasteiger partial charge in [0.15, 0.2) is 0 Å². The van der Waals surface area contributed by atoms with Gasteiger partial charge in [-0.15, -0.1) is 0 Å². The molecule has 0 bridgehead atoms. The summed E-state index contributed by atoms with van der Waals surface area (Å²) in [6.45, 7) is 5.06. The average molecular weight is 169 g/mol. The number of nitrogens with one attached hydrogen (secondary N) is 2. The maximum atomic E-state index is 4.10. The van der Waals surface area contributed by atoms with Crippen LogP contribution < -0.4 is 5.32 Å². The van der Waals surface area contributed by atoms with Crippen molar-refractivity contribution >= 4 is 0 Å². The van der Waals surface area contributed by atoms with E-state index in [1.165, 1.54) is 0 Å². The molecular weight excluding hydrogens is 150 g/mol. The first kappa shape index (κ1) is 11.2. The van der Waals surface area contributed by atoms with Crippen molar-refractivity contribution in [1.29, 1.82) is 0 Å². The van der Waals surface area contributed by atoms with Gasteiger partial charge in [-0.1, -0.05) is 13.8 Å². The van der Waals surface area contributed by atoms with Crippen LogP contribution in [0, 0.1) is 0 Å². The van der Waals surface area contributed by atoms with E-state index in [4.69, 9.17) is 0 Å². The molecule has 0 spiro atoms. The Morgan fingerprint density at radius 2 is 2.25 bits per heavy atom. The van der Waals surface area contributed by atoms with E-state index in [-0.39, 0.29) is 0 Å². The fourth-order valence-corrected chi connectivity index (χ4v) is 0.867. The van der Waals surface area contributed by atoms with Crippen LogP contribution in [0.25, 0.3) is 0 Å². The summed E-state index contributed by atoms with van der Waals surface area (Å²) in [4.78, 5) is 7.16. The highest BCUT2D eigenvalue weighted by molar-refractivity contribution is 4.86. The SMILES string of the molecule is CC.CNCCCc1ncc[nH]1. The van der Waals surface area contributed by atoms with Crippen molar-refractivity contribution in [2.75, 3.05) is 13.6 Å². The van der Waals surface area contributed by atoms with Gasteiger partial charge in [0.25, 0.3) is 0 Å². The average Bonchev–Trinajstić information content (AvgIpc) is 2.61. The van der Waals surface area contributed by atoms with Crippen LogP contribution in [0.4, 0.5) is 0 Å². The standard InChI is InChI=1S/C7H13N3.C2H6/c1-8-4-2-3-7-9-5-6-10-7;1-2/h5-6,8H,2-4H2,1H3,(H,9,10);1-2H3. The minimum Gasteiger partial charge on any atom is -0.349 e. The highest BCUT2D eigenvalue weighted by Crippen LogP contribution is 1.92. The number of nitrogens with zero attached hydrogens (tertiary/aromatic N) is 1. The molecule has 0 aliphatic rings. The molecule has 0 aliphatic carbocycles. The highest BCUT2D eigenvalue weighted by atomic mass is 14.9. The number of hydrogen-bond donors (Lipinski definition) is 2. The summed E-state index contributed by atoms with van der Waals surface area (Å²) < 4.78 is 0. The van der Waals surface area contributed by atoms with Gasteiger partial charge in [0.05, 0.1) is 0 Å². The van der Waals surface area contributed by atoms with Crippen LogP contribution in [-0.4, -0.2) is 23.6 Å². The zero-order valence-electron chi connectivity index (χ0n) is 8.22. The molecule has 70 valence electrons. The predicted octanol–water partition coefficient (Wildman–Crippen LogP) is 1.59. The summed E-state index contributed by atoms with van der Waals surface area (Å²) in [6.07, 6.45) is 5.82. The Kier molecular flexibility index (Phi) is 7.70. The smallest absolute Gasteiger partial charge is 0.106 e. The van der Waals surface area contributed by atoms with E-state index < -0.39 is 0 Å². The first-order valence-corrected chi connectivity index (χ1v) is 4.56. The molecule has 0 radical (unpaired) electrons. The Labute approximate surface area is 74.6 Å². The summed E-state index contributed by atoms with van der Waals surface area (Å²) in [5.41, 5.74) is 0. The number of imidazole rings is 1. The van der Waals surface area contributed by atoms with Crippen molar-refractivity contribution in [2.45, 2.75) is 26.7 Å². The molecule has 1 aromatic heterocycles. The van der Waals surface area contributed by atoms with Crippen LogP contribution in [-0.2, 0) is 6.42 Å². The van der Waals surface area contributed by atoms with Gasteiger partial charge in [0, 0.05) is 18.8 Å². The summed E-state index contributed by atoms with van der Waals surface area (Å²) in [5, 5.41) is 3.09. The van der Waals surface area contributed by atoms with E-state index in [1.54, 1.807) is 6.20 Å². The van der Waals surface area contributed by atoms with Crippen LogP contribution in [0.1, 0.15) is 26.1 Å². The quantitative estimate of drug-likeness (QED) is 0.672. The molecule has 0 fully saturated rings. The Bertz CT molecular complexity index is 158. The second-order valence-electron chi connectivity index (χ2n) is 2.24. The van der Waals surface area contributed by atoms with E-state index in [1.807, 2.05) is 27.1 Å². The summed E-state index contributed by atoms with van der Waals surface area (Å²) >= 11 is 0. The summed E-state index contributed by atoms with van der Waals surface area (Å²) in [5.74, 6) is 1.08. The molecule has 0 unspecified atom stereocenters. The normalized spacial score (nSPS) is 8.92. The van der Waals surface area contributed by atoms with E-state index in [0.717, 1.165) is 25.2 Å². The molecule has 1 rings (SSSR count). The molecule has 0 amide bonds. The molecule has 1 heterocycles. The van der Waals surface area contributed by atoms with Gasteiger partial charge in [-0.05, 0) is 20.0 Å². The number of H-pyrrole nitrogens is 1. The summed E-state index contributed by atoms with van der Waals surface area (Å²) in [7, 11) is 1.96. The van der Waals surface area contributed by atoms with Crippen molar-refractivity contribution in [3.8, 4) is 0 Å². The Hall–Kier alpha value is -0.830. The lowest BCUT2D eigenvalue weighted by molar-refractivity contribution is 0.707. The maximum Gasteiger partial charge on any atom is 0.106 e. The summed E-state index contributed by atoms with van der Waals surface area (Å²) in [6, 6.07) is 0. The fraction of sp³-hybridized carbons (Fsp3) is 0.667. The van der Waals surface area contributed by atoms with Gasteiger partial charge in [0.2, 0.25) is 0 Å². The molecule has 12 heavy (non-hydrogen) atoms. The molecule has 0 saturated carbocycles. The number of aromatic nitrogens is 2. The first-order chi connectivity index (χ1) is 5.93. The van der Waals surface area contributed by atoms with Crippen molar-refractivity contribution in [2.24, 2.45) is 0 Å². The van der Waals surface area contributed by atoms with Crippen molar-refractivity contribution in [3.63, 3.8) is 0 Å². The molecule has 0 atom stereocenters. The molecule has 0 aliphatic heterocycles. The molecule has 2 N–H and O–H groups in total. The van der Waals surface area contributed by atoms with Crippen molar-refractivity contribution in [3.05, 3.63) is 18.2 Å². The molecule has 3 nitrogen and oxygen atoms in total.